The van der Waals surface area contributed by atoms with E-state index in [4.69, 9.17) is 10.00 Å². The molecule has 0 atom stereocenters. The molecule has 24 heavy (non-hydrogen) atoms. The fourth-order valence-corrected chi connectivity index (χ4v) is 2.85. The van der Waals surface area contributed by atoms with Crippen molar-refractivity contribution in [3.8, 4) is 11.8 Å². The lowest BCUT2D eigenvalue weighted by Crippen LogP contribution is -2.22. The maximum atomic E-state index is 12.0. The number of nitrogens with zero attached hydrogens (tertiary/aromatic N) is 2. The molecule has 0 aliphatic carbocycles. The third kappa shape index (κ3) is 4.47. The Morgan fingerprint density at radius 3 is 2.25 bits per heavy atom. The zero-order valence-electron chi connectivity index (χ0n) is 13.6. The molecule has 2 aromatic rings. The molecule has 0 aliphatic rings. The normalized spacial score (nSPS) is 11.1. The minimum absolute atomic E-state index is 0.232. The van der Waals surface area contributed by atoms with E-state index in [0.717, 1.165) is 5.69 Å². The zero-order valence-corrected chi connectivity index (χ0v) is 14.4. The molecule has 0 saturated carbocycles. The van der Waals surface area contributed by atoms with Crippen LogP contribution in [0.5, 0.6) is 5.75 Å². The summed E-state index contributed by atoms with van der Waals surface area (Å²) in [5, 5.41) is 11.9. The molecular weight excluding hydrogens is 326 g/mol. The van der Waals surface area contributed by atoms with Crippen LogP contribution in [0, 0.1) is 11.3 Å². The first-order valence-electron chi connectivity index (χ1n) is 7.33. The van der Waals surface area contributed by atoms with Crippen LogP contribution in [-0.2, 0) is 10.0 Å². The molecule has 0 radical (unpaired) electrons. The Labute approximate surface area is 142 Å². The maximum Gasteiger partial charge on any atom is 0.242 e. The second-order valence-corrected chi connectivity index (χ2v) is 7.38. The summed E-state index contributed by atoms with van der Waals surface area (Å²) in [5.41, 5.74) is 1.52. The summed E-state index contributed by atoms with van der Waals surface area (Å²) in [6, 6.07) is 15.5. The first-order valence-corrected chi connectivity index (χ1v) is 8.77. The summed E-state index contributed by atoms with van der Waals surface area (Å²) in [7, 11) is -0.429. The Bertz CT molecular complexity index is 808. The summed E-state index contributed by atoms with van der Waals surface area (Å²) in [6.07, 6.45) is 0. The second kappa shape index (κ2) is 7.81. The van der Waals surface area contributed by atoms with E-state index in [-0.39, 0.29) is 4.90 Å². The van der Waals surface area contributed by atoms with Gasteiger partial charge in [0.2, 0.25) is 10.0 Å². The molecule has 0 saturated heterocycles. The van der Waals surface area contributed by atoms with Gasteiger partial charge in [-0.25, -0.2) is 12.7 Å². The molecule has 0 unspecified atom stereocenters. The average Bonchev–Trinajstić information content (AvgIpc) is 2.59. The molecular formula is C17H19N3O3S. The van der Waals surface area contributed by atoms with E-state index in [2.05, 4.69) is 11.4 Å². The van der Waals surface area contributed by atoms with Gasteiger partial charge in [-0.05, 0) is 48.5 Å². The predicted molar refractivity (Wildman–Crippen MR) is 92.5 cm³/mol. The van der Waals surface area contributed by atoms with Gasteiger partial charge in [0.05, 0.1) is 16.5 Å². The van der Waals surface area contributed by atoms with Crippen molar-refractivity contribution in [1.82, 2.24) is 4.31 Å². The topological polar surface area (TPSA) is 82.4 Å². The Morgan fingerprint density at radius 1 is 1.08 bits per heavy atom. The van der Waals surface area contributed by atoms with Crippen molar-refractivity contribution in [2.24, 2.45) is 0 Å². The van der Waals surface area contributed by atoms with E-state index in [1.165, 1.54) is 30.5 Å². The molecule has 0 bridgehead atoms. The van der Waals surface area contributed by atoms with Crippen LogP contribution in [0.15, 0.2) is 53.4 Å². The molecule has 0 spiro atoms. The predicted octanol–water partition coefficient (Wildman–Crippen LogP) is 2.30. The summed E-state index contributed by atoms with van der Waals surface area (Å²) < 4.78 is 30.7. The standard InChI is InChI=1S/C17H19N3O3S/c1-20(2)24(21,22)17-9-7-16(8-10-17)23-12-11-19-15-5-3-14(13-18)4-6-15/h3-10,19H,11-12H2,1-2H3. The Morgan fingerprint density at radius 2 is 1.71 bits per heavy atom. The van der Waals surface area contributed by atoms with Gasteiger partial charge < -0.3 is 10.1 Å². The number of nitriles is 1. The van der Waals surface area contributed by atoms with Crippen molar-refractivity contribution in [3.05, 3.63) is 54.1 Å². The van der Waals surface area contributed by atoms with Crippen molar-refractivity contribution in [3.63, 3.8) is 0 Å². The van der Waals surface area contributed by atoms with Crippen LogP contribution in [0.25, 0.3) is 0 Å². The number of benzene rings is 2. The van der Waals surface area contributed by atoms with Gasteiger partial charge in [0.1, 0.15) is 12.4 Å². The summed E-state index contributed by atoms with van der Waals surface area (Å²) in [4.78, 5) is 0.232. The van der Waals surface area contributed by atoms with Gasteiger partial charge >= 0.3 is 0 Å². The number of hydrogen-bond acceptors (Lipinski definition) is 5. The molecule has 1 N–H and O–H groups in total. The number of nitrogens with one attached hydrogen (secondary N) is 1. The highest BCUT2D eigenvalue weighted by molar-refractivity contribution is 7.89. The minimum atomic E-state index is -3.42. The van der Waals surface area contributed by atoms with Crippen LogP contribution in [0.3, 0.4) is 0 Å². The summed E-state index contributed by atoms with van der Waals surface area (Å²) in [6.45, 7) is 1.02. The molecule has 0 fully saturated rings. The second-order valence-electron chi connectivity index (χ2n) is 5.22. The SMILES string of the molecule is CN(C)S(=O)(=O)c1ccc(OCCNc2ccc(C#N)cc2)cc1. The van der Waals surface area contributed by atoms with Crippen molar-refractivity contribution in [2.75, 3.05) is 32.6 Å². The Kier molecular flexibility index (Phi) is 5.79. The first kappa shape index (κ1) is 17.8. The molecule has 0 heterocycles. The number of anilines is 1. The molecule has 7 heteroatoms. The van der Waals surface area contributed by atoms with Crippen molar-refractivity contribution in [1.29, 1.82) is 5.26 Å². The maximum absolute atomic E-state index is 12.0. The molecule has 2 rings (SSSR count). The third-order valence-electron chi connectivity index (χ3n) is 3.32. The fourth-order valence-electron chi connectivity index (χ4n) is 1.95. The van der Waals surface area contributed by atoms with E-state index in [0.29, 0.717) is 24.5 Å². The van der Waals surface area contributed by atoms with Gasteiger partial charge in [-0.3, -0.25) is 0 Å². The van der Waals surface area contributed by atoms with E-state index >= 15 is 0 Å². The lowest BCUT2D eigenvalue weighted by Gasteiger charge is -2.12. The van der Waals surface area contributed by atoms with E-state index in [1.807, 2.05) is 12.1 Å². The third-order valence-corrected chi connectivity index (χ3v) is 5.15. The van der Waals surface area contributed by atoms with Gasteiger partial charge in [-0.1, -0.05) is 0 Å². The zero-order chi connectivity index (χ0) is 17.6. The smallest absolute Gasteiger partial charge is 0.242 e. The van der Waals surface area contributed by atoms with Gasteiger partial charge in [0, 0.05) is 26.3 Å². The quantitative estimate of drug-likeness (QED) is 0.779. The molecule has 2 aromatic carbocycles. The van der Waals surface area contributed by atoms with Crippen LogP contribution in [0.4, 0.5) is 5.69 Å². The first-order chi connectivity index (χ1) is 11.4. The van der Waals surface area contributed by atoms with Gasteiger partial charge in [0.25, 0.3) is 0 Å². The van der Waals surface area contributed by atoms with Crippen LogP contribution in [-0.4, -0.2) is 40.0 Å². The molecule has 0 amide bonds. The van der Waals surface area contributed by atoms with Crippen LogP contribution < -0.4 is 10.1 Å². The highest BCUT2D eigenvalue weighted by Crippen LogP contribution is 2.18. The number of rotatable bonds is 7. The largest absolute Gasteiger partial charge is 0.492 e. The van der Waals surface area contributed by atoms with Crippen molar-refractivity contribution in [2.45, 2.75) is 4.90 Å². The van der Waals surface area contributed by atoms with Gasteiger partial charge in [-0.2, -0.15) is 5.26 Å². The average molecular weight is 345 g/mol. The Balaban J connectivity index is 1.83. The van der Waals surface area contributed by atoms with E-state index in [1.54, 1.807) is 24.3 Å². The van der Waals surface area contributed by atoms with Crippen molar-refractivity contribution >= 4 is 15.7 Å². The van der Waals surface area contributed by atoms with Crippen LogP contribution in [0.2, 0.25) is 0 Å². The number of sulfonamides is 1. The fraction of sp³-hybridized carbons (Fsp3) is 0.235. The van der Waals surface area contributed by atoms with Gasteiger partial charge in [0.15, 0.2) is 0 Å². The molecule has 0 aromatic heterocycles. The molecule has 126 valence electrons. The van der Waals surface area contributed by atoms with Crippen molar-refractivity contribution < 1.29 is 13.2 Å². The lowest BCUT2D eigenvalue weighted by molar-refractivity contribution is 0.332. The molecule has 0 aliphatic heterocycles. The minimum Gasteiger partial charge on any atom is -0.492 e. The highest BCUT2D eigenvalue weighted by atomic mass is 32.2. The number of ether oxygens (including phenoxy) is 1. The van der Waals surface area contributed by atoms with Gasteiger partial charge in [-0.15, -0.1) is 0 Å². The monoisotopic (exact) mass is 345 g/mol. The van der Waals surface area contributed by atoms with Crippen LogP contribution >= 0.6 is 0 Å². The van der Waals surface area contributed by atoms with E-state index in [9.17, 15) is 8.42 Å². The highest BCUT2D eigenvalue weighted by Gasteiger charge is 2.16. The Hall–Kier alpha value is -2.56. The lowest BCUT2D eigenvalue weighted by atomic mass is 10.2. The summed E-state index contributed by atoms with van der Waals surface area (Å²) in [5.74, 6) is 0.606. The number of hydrogen-bond donors (Lipinski definition) is 1. The van der Waals surface area contributed by atoms with Crippen LogP contribution in [0.1, 0.15) is 5.56 Å². The van der Waals surface area contributed by atoms with E-state index < -0.39 is 10.0 Å². The molecule has 6 nitrogen and oxygen atoms in total. The summed E-state index contributed by atoms with van der Waals surface area (Å²) >= 11 is 0.